The van der Waals surface area contributed by atoms with Gasteiger partial charge in [0.2, 0.25) is 0 Å². The molecule has 0 amide bonds. The van der Waals surface area contributed by atoms with E-state index in [0.717, 1.165) is 12.5 Å². The monoisotopic (exact) mass is 266 g/mol. The van der Waals surface area contributed by atoms with Crippen LogP contribution in [0.5, 0.6) is 0 Å². The summed E-state index contributed by atoms with van der Waals surface area (Å²) < 4.78 is 13.2. The van der Waals surface area contributed by atoms with Crippen LogP contribution in [0.1, 0.15) is 38.2 Å². The van der Waals surface area contributed by atoms with E-state index in [-0.39, 0.29) is 5.69 Å². The van der Waals surface area contributed by atoms with Crippen LogP contribution in [-0.2, 0) is 6.54 Å². The van der Waals surface area contributed by atoms with E-state index in [9.17, 15) is 14.5 Å². The van der Waals surface area contributed by atoms with E-state index in [4.69, 9.17) is 0 Å². The molecule has 1 aromatic carbocycles. The Morgan fingerprint density at radius 3 is 2.84 bits per heavy atom. The Kier molecular flexibility index (Phi) is 4.47. The molecule has 1 fully saturated rings. The highest BCUT2D eigenvalue weighted by atomic mass is 19.1. The second-order valence-corrected chi connectivity index (χ2v) is 5.28. The van der Waals surface area contributed by atoms with Crippen molar-refractivity contribution < 1.29 is 9.31 Å². The summed E-state index contributed by atoms with van der Waals surface area (Å²) in [5.74, 6) is 0.139. The van der Waals surface area contributed by atoms with Crippen molar-refractivity contribution in [3.63, 3.8) is 0 Å². The van der Waals surface area contributed by atoms with Gasteiger partial charge in [-0.05, 0) is 30.9 Å². The maximum absolute atomic E-state index is 13.2. The molecule has 0 aliphatic heterocycles. The van der Waals surface area contributed by atoms with E-state index in [1.54, 1.807) is 0 Å². The zero-order valence-electron chi connectivity index (χ0n) is 11.1. The summed E-state index contributed by atoms with van der Waals surface area (Å²) in [6, 6.07) is 3.98. The Morgan fingerprint density at radius 1 is 1.42 bits per heavy atom. The summed E-state index contributed by atoms with van der Waals surface area (Å²) in [5, 5.41) is 14.2. The summed E-state index contributed by atoms with van der Waals surface area (Å²) in [5.41, 5.74) is 0.403. The van der Waals surface area contributed by atoms with E-state index in [0.29, 0.717) is 24.1 Å². The second-order valence-electron chi connectivity index (χ2n) is 5.28. The van der Waals surface area contributed by atoms with Gasteiger partial charge < -0.3 is 5.32 Å². The summed E-state index contributed by atoms with van der Waals surface area (Å²) >= 11 is 0. The molecule has 1 aliphatic carbocycles. The van der Waals surface area contributed by atoms with Gasteiger partial charge in [0.25, 0.3) is 5.69 Å². The van der Waals surface area contributed by atoms with Crippen LogP contribution >= 0.6 is 0 Å². The third-order valence-electron chi connectivity index (χ3n) is 3.90. The van der Waals surface area contributed by atoms with Crippen LogP contribution in [0.2, 0.25) is 0 Å². The maximum atomic E-state index is 13.2. The first-order valence-electron chi connectivity index (χ1n) is 6.74. The molecule has 0 bridgehead atoms. The lowest BCUT2D eigenvalue weighted by Gasteiger charge is -2.29. The molecule has 0 heterocycles. The molecular formula is C14H19FN2O2. The lowest BCUT2D eigenvalue weighted by atomic mass is 9.86. The van der Waals surface area contributed by atoms with Crippen LogP contribution in [0.3, 0.4) is 0 Å². The van der Waals surface area contributed by atoms with Crippen molar-refractivity contribution in [3.8, 4) is 0 Å². The molecule has 19 heavy (non-hydrogen) atoms. The normalized spacial score (nSPS) is 23.3. The molecule has 1 N–H and O–H groups in total. The second kappa shape index (κ2) is 6.10. The van der Waals surface area contributed by atoms with Gasteiger partial charge in [-0.1, -0.05) is 19.8 Å². The van der Waals surface area contributed by atoms with Crippen molar-refractivity contribution in [1.29, 1.82) is 0 Å². The fourth-order valence-electron chi connectivity index (χ4n) is 2.73. The van der Waals surface area contributed by atoms with Gasteiger partial charge in [0.05, 0.1) is 4.92 Å². The van der Waals surface area contributed by atoms with Gasteiger partial charge in [0.1, 0.15) is 5.82 Å². The first kappa shape index (κ1) is 13.9. The SMILES string of the molecule is CC1CCCCC1NCc1cc(F)ccc1[N+](=O)[O-]. The van der Waals surface area contributed by atoms with Gasteiger partial charge in [-0.2, -0.15) is 0 Å². The Labute approximate surface area is 112 Å². The van der Waals surface area contributed by atoms with E-state index in [1.165, 1.54) is 31.4 Å². The van der Waals surface area contributed by atoms with Crippen molar-refractivity contribution in [2.75, 3.05) is 0 Å². The molecule has 4 nitrogen and oxygen atoms in total. The summed E-state index contributed by atoms with van der Waals surface area (Å²) in [6.07, 6.45) is 4.71. The van der Waals surface area contributed by atoms with Crippen LogP contribution in [0, 0.1) is 21.8 Å². The van der Waals surface area contributed by atoms with Crippen LogP contribution < -0.4 is 5.32 Å². The Balaban J connectivity index is 2.05. The highest BCUT2D eigenvalue weighted by Gasteiger charge is 2.22. The number of nitro benzene ring substituents is 1. The number of nitro groups is 1. The molecule has 2 unspecified atom stereocenters. The molecule has 0 radical (unpaired) electrons. The largest absolute Gasteiger partial charge is 0.309 e. The number of nitrogens with one attached hydrogen (secondary N) is 1. The topological polar surface area (TPSA) is 55.2 Å². The van der Waals surface area contributed by atoms with Gasteiger partial charge in [-0.25, -0.2) is 4.39 Å². The van der Waals surface area contributed by atoms with Crippen molar-refractivity contribution in [2.24, 2.45) is 5.92 Å². The predicted octanol–water partition coefficient (Wildman–Crippen LogP) is 3.40. The molecule has 2 rings (SSSR count). The summed E-state index contributed by atoms with van der Waals surface area (Å²) in [7, 11) is 0. The highest BCUT2D eigenvalue weighted by Crippen LogP contribution is 2.25. The Bertz CT molecular complexity index is 465. The van der Waals surface area contributed by atoms with E-state index in [2.05, 4.69) is 12.2 Å². The van der Waals surface area contributed by atoms with Gasteiger partial charge in [0, 0.05) is 24.2 Å². The molecule has 1 saturated carbocycles. The average Bonchev–Trinajstić information content (AvgIpc) is 2.37. The quantitative estimate of drug-likeness (QED) is 0.671. The Hall–Kier alpha value is -1.49. The number of hydrogen-bond donors (Lipinski definition) is 1. The van der Waals surface area contributed by atoms with E-state index in [1.807, 2.05) is 0 Å². The molecule has 2 atom stereocenters. The van der Waals surface area contributed by atoms with Gasteiger partial charge in [0.15, 0.2) is 0 Å². The smallest absolute Gasteiger partial charge is 0.274 e. The molecule has 5 heteroatoms. The standard InChI is InChI=1S/C14H19FN2O2/c1-10-4-2-3-5-13(10)16-9-11-8-12(15)6-7-14(11)17(18)19/h6-8,10,13,16H,2-5,9H2,1H3. The highest BCUT2D eigenvalue weighted by molar-refractivity contribution is 5.40. The molecular weight excluding hydrogens is 247 g/mol. The number of nitrogens with zero attached hydrogens (tertiary/aromatic N) is 1. The minimum absolute atomic E-state index is 0.0163. The van der Waals surface area contributed by atoms with Crippen LogP contribution in [0.25, 0.3) is 0 Å². The average molecular weight is 266 g/mol. The third-order valence-corrected chi connectivity index (χ3v) is 3.90. The molecule has 0 spiro atoms. The predicted molar refractivity (Wildman–Crippen MR) is 71.3 cm³/mol. The van der Waals surface area contributed by atoms with E-state index >= 15 is 0 Å². The maximum Gasteiger partial charge on any atom is 0.274 e. The van der Waals surface area contributed by atoms with Gasteiger partial charge in [-0.15, -0.1) is 0 Å². The first-order valence-corrected chi connectivity index (χ1v) is 6.74. The summed E-state index contributed by atoms with van der Waals surface area (Å²) in [4.78, 5) is 10.4. The lowest BCUT2D eigenvalue weighted by Crippen LogP contribution is -2.36. The summed E-state index contributed by atoms with van der Waals surface area (Å²) in [6.45, 7) is 2.54. The van der Waals surface area contributed by atoms with Gasteiger partial charge >= 0.3 is 0 Å². The van der Waals surface area contributed by atoms with Crippen molar-refractivity contribution in [1.82, 2.24) is 5.32 Å². The zero-order valence-corrected chi connectivity index (χ0v) is 11.1. The fourth-order valence-corrected chi connectivity index (χ4v) is 2.73. The zero-order chi connectivity index (χ0) is 13.8. The lowest BCUT2D eigenvalue weighted by molar-refractivity contribution is -0.385. The van der Waals surface area contributed by atoms with Crippen molar-refractivity contribution in [3.05, 3.63) is 39.7 Å². The molecule has 0 saturated heterocycles. The minimum atomic E-state index is -0.458. The fraction of sp³-hybridized carbons (Fsp3) is 0.571. The first-order chi connectivity index (χ1) is 9.08. The number of benzene rings is 1. The van der Waals surface area contributed by atoms with Crippen LogP contribution in [0.4, 0.5) is 10.1 Å². The molecule has 1 aliphatic rings. The molecule has 0 aromatic heterocycles. The number of halogens is 1. The Morgan fingerprint density at radius 2 is 2.16 bits per heavy atom. The third kappa shape index (κ3) is 3.50. The molecule has 104 valence electrons. The van der Waals surface area contributed by atoms with Crippen molar-refractivity contribution >= 4 is 5.69 Å². The van der Waals surface area contributed by atoms with E-state index < -0.39 is 10.7 Å². The number of hydrogen-bond acceptors (Lipinski definition) is 3. The van der Waals surface area contributed by atoms with Crippen LogP contribution in [0.15, 0.2) is 18.2 Å². The minimum Gasteiger partial charge on any atom is -0.309 e. The van der Waals surface area contributed by atoms with Gasteiger partial charge in [-0.3, -0.25) is 10.1 Å². The number of rotatable bonds is 4. The van der Waals surface area contributed by atoms with Crippen molar-refractivity contribution in [2.45, 2.75) is 45.2 Å². The van der Waals surface area contributed by atoms with Crippen LogP contribution in [-0.4, -0.2) is 11.0 Å². The molecule has 1 aromatic rings.